The topological polar surface area (TPSA) is 72.8 Å². The van der Waals surface area contributed by atoms with Gasteiger partial charge in [0.15, 0.2) is 5.41 Å². The zero-order chi connectivity index (χ0) is 26.0. The average molecular weight is 525 g/mol. The van der Waals surface area contributed by atoms with E-state index in [-0.39, 0.29) is 19.4 Å². The van der Waals surface area contributed by atoms with Gasteiger partial charge < -0.3 is 14.6 Å². The van der Waals surface area contributed by atoms with E-state index in [9.17, 15) is 14.7 Å². The fourth-order valence-corrected chi connectivity index (χ4v) is 4.90. The molecule has 1 unspecified atom stereocenters. The van der Waals surface area contributed by atoms with E-state index in [2.05, 4.69) is 6.58 Å². The number of hydrogen-bond acceptors (Lipinski definition) is 5. The van der Waals surface area contributed by atoms with E-state index < -0.39 is 17.4 Å². The van der Waals surface area contributed by atoms with Crippen LogP contribution in [0, 0.1) is 5.41 Å². The highest BCUT2D eigenvalue weighted by Gasteiger charge is 2.46. The third-order valence-corrected chi connectivity index (χ3v) is 7.07. The number of benzene rings is 3. The van der Waals surface area contributed by atoms with Crippen LogP contribution in [0.4, 0.5) is 0 Å². The summed E-state index contributed by atoms with van der Waals surface area (Å²) in [4.78, 5) is 26.5. The summed E-state index contributed by atoms with van der Waals surface area (Å²) >= 11 is 8.09. The fraction of sp³-hybridized carbons (Fsp3) is 0.241. The molecule has 1 atom stereocenters. The molecule has 3 aromatic carbocycles. The van der Waals surface area contributed by atoms with Crippen molar-refractivity contribution in [1.29, 1.82) is 0 Å². The minimum atomic E-state index is -1.68. The Morgan fingerprint density at radius 2 is 1.75 bits per heavy atom. The number of allylic oxidation sites excluding steroid dienone is 1. The zero-order valence-corrected chi connectivity index (χ0v) is 21.7. The van der Waals surface area contributed by atoms with Crippen LogP contribution in [0.2, 0.25) is 5.02 Å². The van der Waals surface area contributed by atoms with Crippen LogP contribution in [-0.4, -0.2) is 23.7 Å². The molecule has 0 heterocycles. The second kappa shape index (κ2) is 13.2. The minimum Gasteiger partial charge on any atom is -0.489 e. The first-order chi connectivity index (χ1) is 17.4. The number of aliphatic carboxylic acids is 1. The van der Waals surface area contributed by atoms with Gasteiger partial charge in [-0.3, -0.25) is 9.59 Å². The lowest BCUT2D eigenvalue weighted by atomic mass is 9.79. The molecule has 0 radical (unpaired) electrons. The van der Waals surface area contributed by atoms with E-state index >= 15 is 0 Å². The van der Waals surface area contributed by atoms with Crippen LogP contribution in [0.5, 0.6) is 5.75 Å². The van der Waals surface area contributed by atoms with Gasteiger partial charge in [0, 0.05) is 14.8 Å². The molecule has 0 saturated heterocycles. The lowest BCUT2D eigenvalue weighted by molar-refractivity contribution is -0.169. The maximum Gasteiger partial charge on any atom is 0.323 e. The van der Waals surface area contributed by atoms with Crippen LogP contribution in [0.1, 0.15) is 30.9 Å². The number of rotatable bonds is 13. The van der Waals surface area contributed by atoms with Crippen LogP contribution in [0.25, 0.3) is 0 Å². The van der Waals surface area contributed by atoms with Crippen molar-refractivity contribution in [3.8, 4) is 5.75 Å². The van der Waals surface area contributed by atoms with Crippen molar-refractivity contribution >= 4 is 35.3 Å². The van der Waals surface area contributed by atoms with Crippen LogP contribution in [0.15, 0.2) is 95.2 Å². The van der Waals surface area contributed by atoms with Crippen molar-refractivity contribution in [2.45, 2.75) is 42.6 Å². The molecule has 0 aliphatic heterocycles. The van der Waals surface area contributed by atoms with Gasteiger partial charge in [-0.1, -0.05) is 65.8 Å². The van der Waals surface area contributed by atoms with Gasteiger partial charge in [-0.05, 0) is 73.7 Å². The van der Waals surface area contributed by atoms with Gasteiger partial charge in [0.25, 0.3) is 0 Å². The number of aryl methyl sites for hydroxylation is 1. The van der Waals surface area contributed by atoms with Gasteiger partial charge in [-0.2, -0.15) is 0 Å². The minimum absolute atomic E-state index is 0.0161. The molecular formula is C29H29ClO5S. The summed E-state index contributed by atoms with van der Waals surface area (Å²) in [6.07, 6.45) is 1.79. The Balaban J connectivity index is 1.63. The Hall–Kier alpha value is -3.22. The largest absolute Gasteiger partial charge is 0.489 e. The Kier molecular flexibility index (Phi) is 10.0. The second-order valence-electron chi connectivity index (χ2n) is 8.20. The predicted octanol–water partition coefficient (Wildman–Crippen LogP) is 7.21. The van der Waals surface area contributed by atoms with Crippen LogP contribution >= 0.6 is 23.4 Å². The van der Waals surface area contributed by atoms with Gasteiger partial charge in [0.1, 0.15) is 12.4 Å². The standard InChI is InChI=1S/C29H29ClO5S/c1-3-17-29(27(31)32,28(33)34-4-2)18-16-22-10-13-25(19-26(22)30)36-24-14-11-23(12-15-24)35-20-21-8-6-5-7-9-21/h3,5-15,19H,1,4,16-18,20H2,2H3,(H,31,32). The smallest absolute Gasteiger partial charge is 0.323 e. The molecule has 0 saturated carbocycles. The first-order valence-electron chi connectivity index (χ1n) is 11.6. The molecule has 0 amide bonds. The Labute approximate surface area is 221 Å². The number of ether oxygens (including phenoxy) is 2. The number of halogens is 1. The molecule has 0 aliphatic rings. The molecule has 1 N–H and O–H groups in total. The molecule has 0 bridgehead atoms. The molecule has 188 valence electrons. The summed E-state index contributed by atoms with van der Waals surface area (Å²) in [7, 11) is 0. The van der Waals surface area contributed by atoms with Gasteiger partial charge in [-0.15, -0.1) is 6.58 Å². The second-order valence-corrected chi connectivity index (χ2v) is 9.76. The first-order valence-corrected chi connectivity index (χ1v) is 12.8. The number of carbonyl (C=O) groups is 2. The summed E-state index contributed by atoms with van der Waals surface area (Å²) in [6, 6.07) is 23.5. The molecule has 3 aromatic rings. The number of carbonyl (C=O) groups excluding carboxylic acids is 1. The van der Waals surface area contributed by atoms with Crippen molar-refractivity contribution in [2.75, 3.05) is 6.61 Å². The highest BCUT2D eigenvalue weighted by atomic mass is 35.5. The highest BCUT2D eigenvalue weighted by molar-refractivity contribution is 7.99. The Bertz CT molecular complexity index is 1180. The van der Waals surface area contributed by atoms with Gasteiger partial charge in [0.05, 0.1) is 6.61 Å². The maximum atomic E-state index is 12.5. The van der Waals surface area contributed by atoms with E-state index in [4.69, 9.17) is 21.1 Å². The van der Waals surface area contributed by atoms with E-state index in [0.717, 1.165) is 26.7 Å². The van der Waals surface area contributed by atoms with E-state index in [0.29, 0.717) is 18.1 Å². The monoisotopic (exact) mass is 524 g/mol. The summed E-state index contributed by atoms with van der Waals surface area (Å²) in [5.74, 6) is -1.18. The lowest BCUT2D eigenvalue weighted by Gasteiger charge is -2.26. The molecule has 0 aliphatic carbocycles. The molecule has 0 spiro atoms. The summed E-state index contributed by atoms with van der Waals surface area (Å²) in [6.45, 7) is 5.89. The third kappa shape index (κ3) is 7.15. The molecule has 36 heavy (non-hydrogen) atoms. The SMILES string of the molecule is C=CCC(CCc1ccc(Sc2ccc(OCc3ccccc3)cc2)cc1Cl)(C(=O)O)C(=O)OCC. The maximum absolute atomic E-state index is 12.5. The summed E-state index contributed by atoms with van der Waals surface area (Å²) in [5, 5.41) is 10.3. The Morgan fingerprint density at radius 1 is 1.06 bits per heavy atom. The lowest BCUT2D eigenvalue weighted by Crippen LogP contribution is -2.41. The highest BCUT2D eigenvalue weighted by Crippen LogP contribution is 2.35. The first kappa shape index (κ1) is 27.4. The van der Waals surface area contributed by atoms with Crippen LogP contribution < -0.4 is 4.74 Å². The Morgan fingerprint density at radius 3 is 2.36 bits per heavy atom. The normalized spacial score (nSPS) is 12.4. The summed E-state index contributed by atoms with van der Waals surface area (Å²) in [5.41, 5.74) is 0.196. The molecule has 3 rings (SSSR count). The van der Waals surface area contributed by atoms with E-state index in [1.807, 2.05) is 72.8 Å². The fourth-order valence-electron chi connectivity index (χ4n) is 3.71. The van der Waals surface area contributed by atoms with Crippen LogP contribution in [0.3, 0.4) is 0 Å². The molecule has 7 heteroatoms. The van der Waals surface area contributed by atoms with Crippen molar-refractivity contribution in [3.05, 3.63) is 102 Å². The van der Waals surface area contributed by atoms with Crippen molar-refractivity contribution in [3.63, 3.8) is 0 Å². The van der Waals surface area contributed by atoms with Crippen LogP contribution in [-0.2, 0) is 27.4 Å². The van der Waals surface area contributed by atoms with E-state index in [1.165, 1.54) is 6.08 Å². The average Bonchev–Trinajstić information content (AvgIpc) is 2.87. The summed E-state index contributed by atoms with van der Waals surface area (Å²) < 4.78 is 10.9. The third-order valence-electron chi connectivity index (χ3n) is 5.72. The number of carboxylic acid groups (broad SMARTS) is 1. The molecule has 0 aromatic heterocycles. The van der Waals surface area contributed by atoms with Gasteiger partial charge in [0.2, 0.25) is 0 Å². The van der Waals surface area contributed by atoms with E-state index in [1.54, 1.807) is 18.7 Å². The predicted molar refractivity (Wildman–Crippen MR) is 143 cm³/mol. The number of hydrogen-bond donors (Lipinski definition) is 1. The molecule has 5 nitrogen and oxygen atoms in total. The van der Waals surface area contributed by atoms with Crippen molar-refractivity contribution in [2.24, 2.45) is 5.41 Å². The number of carboxylic acids is 1. The quantitative estimate of drug-likeness (QED) is 0.145. The van der Waals surface area contributed by atoms with Gasteiger partial charge in [-0.25, -0.2) is 0 Å². The van der Waals surface area contributed by atoms with Crippen molar-refractivity contribution in [1.82, 2.24) is 0 Å². The molecular weight excluding hydrogens is 496 g/mol. The van der Waals surface area contributed by atoms with Crippen molar-refractivity contribution < 1.29 is 24.2 Å². The zero-order valence-electron chi connectivity index (χ0n) is 20.1. The number of esters is 1. The van der Waals surface area contributed by atoms with Gasteiger partial charge >= 0.3 is 11.9 Å². The molecule has 0 fully saturated rings.